The highest BCUT2D eigenvalue weighted by Crippen LogP contribution is 2.33. The molecule has 0 aliphatic rings. The van der Waals surface area contributed by atoms with Gasteiger partial charge in [0, 0.05) is 24.0 Å². The van der Waals surface area contributed by atoms with Crippen molar-refractivity contribution in [3.63, 3.8) is 0 Å². The highest BCUT2D eigenvalue weighted by molar-refractivity contribution is 5.98. The Labute approximate surface area is 246 Å². The molecule has 0 saturated carbocycles. The number of esters is 1. The highest BCUT2D eigenvalue weighted by Gasteiger charge is 2.24. The van der Waals surface area contributed by atoms with Crippen LogP contribution in [0.4, 0.5) is 0 Å². The van der Waals surface area contributed by atoms with Gasteiger partial charge in [0.15, 0.2) is 5.78 Å². The second kappa shape index (κ2) is 15.7. The summed E-state index contributed by atoms with van der Waals surface area (Å²) >= 11 is 0. The van der Waals surface area contributed by atoms with Gasteiger partial charge in [0.2, 0.25) is 0 Å². The van der Waals surface area contributed by atoms with Gasteiger partial charge >= 0.3 is 5.97 Å². The van der Waals surface area contributed by atoms with Gasteiger partial charge in [0.05, 0.1) is 18.8 Å². The Morgan fingerprint density at radius 1 is 0.732 bits per heavy atom. The summed E-state index contributed by atoms with van der Waals surface area (Å²) in [6.07, 6.45) is 2.72. The SMILES string of the molecule is CCC(C)(C)C(=O)/C=C/C(=O)OC(C)COc1ccc(C(C)(C)c2ccc(OCC(C)OCC(C)OC)cc2)cc1. The summed E-state index contributed by atoms with van der Waals surface area (Å²) in [7, 11) is 1.67. The summed E-state index contributed by atoms with van der Waals surface area (Å²) in [5.74, 6) is 0.819. The van der Waals surface area contributed by atoms with E-state index in [0.717, 1.165) is 16.9 Å². The first-order chi connectivity index (χ1) is 19.3. The average Bonchev–Trinajstić information content (AvgIpc) is 2.96. The van der Waals surface area contributed by atoms with Gasteiger partial charge in [-0.25, -0.2) is 4.79 Å². The maximum atomic E-state index is 12.2. The molecule has 2 rings (SSSR count). The first kappa shape index (κ1) is 34.0. The maximum Gasteiger partial charge on any atom is 0.331 e. The fraction of sp³-hybridized carbons (Fsp3) is 0.529. The number of methoxy groups -OCH3 is 1. The van der Waals surface area contributed by atoms with Crippen molar-refractivity contribution in [1.82, 2.24) is 0 Å². The molecule has 0 radical (unpaired) electrons. The number of ether oxygens (including phenoxy) is 5. The standard InChI is InChI=1S/C34H48O7/c1-10-33(5,6)31(35)19-20-32(36)41-26(4)23-40-30-17-13-28(14-18-30)34(7,8)27-11-15-29(16-12-27)39-22-25(3)38-21-24(2)37-9/h11-20,24-26H,10,21-23H2,1-9H3/b20-19+. The molecular weight excluding hydrogens is 520 g/mol. The lowest BCUT2D eigenvalue weighted by Crippen LogP contribution is -2.24. The predicted molar refractivity (Wildman–Crippen MR) is 162 cm³/mol. The van der Waals surface area contributed by atoms with Crippen LogP contribution in [0.15, 0.2) is 60.7 Å². The highest BCUT2D eigenvalue weighted by atomic mass is 16.6. The lowest BCUT2D eigenvalue weighted by Gasteiger charge is -2.26. The van der Waals surface area contributed by atoms with Crippen LogP contribution in [0.1, 0.15) is 72.9 Å². The van der Waals surface area contributed by atoms with E-state index < -0.39 is 17.5 Å². The summed E-state index contributed by atoms with van der Waals surface area (Å²) in [6.45, 7) is 16.9. The molecule has 226 valence electrons. The van der Waals surface area contributed by atoms with Crippen molar-refractivity contribution >= 4 is 11.8 Å². The minimum Gasteiger partial charge on any atom is -0.491 e. The van der Waals surface area contributed by atoms with Crippen LogP contribution in [-0.4, -0.2) is 57.0 Å². The van der Waals surface area contributed by atoms with Crippen LogP contribution in [0, 0.1) is 5.41 Å². The van der Waals surface area contributed by atoms with Crippen LogP contribution in [-0.2, 0) is 29.2 Å². The maximum absolute atomic E-state index is 12.2. The first-order valence-corrected chi connectivity index (χ1v) is 14.3. The fourth-order valence-electron chi connectivity index (χ4n) is 3.76. The number of benzene rings is 2. The lowest BCUT2D eigenvalue weighted by atomic mass is 9.78. The average molecular weight is 569 g/mol. The van der Waals surface area contributed by atoms with E-state index in [0.29, 0.717) is 25.4 Å². The van der Waals surface area contributed by atoms with Crippen LogP contribution in [0.5, 0.6) is 11.5 Å². The largest absolute Gasteiger partial charge is 0.491 e. The Kier molecular flexibility index (Phi) is 13.1. The summed E-state index contributed by atoms with van der Waals surface area (Å²) in [4.78, 5) is 24.2. The lowest BCUT2D eigenvalue weighted by molar-refractivity contribution is -0.143. The van der Waals surface area contributed by atoms with Gasteiger partial charge in [-0.1, -0.05) is 58.9 Å². The van der Waals surface area contributed by atoms with Gasteiger partial charge in [-0.15, -0.1) is 0 Å². The normalized spacial score (nSPS) is 14.4. The molecule has 7 nitrogen and oxygen atoms in total. The number of ketones is 1. The molecule has 0 heterocycles. The topological polar surface area (TPSA) is 80.3 Å². The summed E-state index contributed by atoms with van der Waals surface area (Å²) < 4.78 is 28.0. The number of allylic oxidation sites excluding steroid dienone is 1. The summed E-state index contributed by atoms with van der Waals surface area (Å²) in [5, 5.41) is 0. The minimum absolute atomic E-state index is 0.0369. The molecule has 3 atom stereocenters. The molecule has 7 heteroatoms. The van der Waals surface area contributed by atoms with Crippen LogP contribution < -0.4 is 9.47 Å². The van der Waals surface area contributed by atoms with E-state index in [-0.39, 0.29) is 30.0 Å². The van der Waals surface area contributed by atoms with Crippen molar-refractivity contribution in [2.75, 3.05) is 26.9 Å². The van der Waals surface area contributed by atoms with E-state index >= 15 is 0 Å². The smallest absolute Gasteiger partial charge is 0.331 e. The van der Waals surface area contributed by atoms with E-state index in [1.54, 1.807) is 14.0 Å². The van der Waals surface area contributed by atoms with Crippen LogP contribution in [0.2, 0.25) is 0 Å². The van der Waals surface area contributed by atoms with E-state index in [2.05, 4.69) is 26.0 Å². The Bertz CT molecular complexity index is 1120. The minimum atomic E-state index is -0.561. The molecule has 0 aliphatic heterocycles. The molecule has 0 aliphatic carbocycles. The van der Waals surface area contributed by atoms with Gasteiger partial charge in [-0.05, 0) is 68.7 Å². The zero-order valence-electron chi connectivity index (χ0n) is 26.2. The van der Waals surface area contributed by atoms with E-state index in [1.807, 2.05) is 71.0 Å². The van der Waals surface area contributed by atoms with Gasteiger partial charge in [0.25, 0.3) is 0 Å². The number of rotatable bonds is 17. The third kappa shape index (κ3) is 11.0. The molecule has 0 amide bonds. The second-order valence-electron chi connectivity index (χ2n) is 11.7. The van der Waals surface area contributed by atoms with Crippen molar-refractivity contribution in [1.29, 1.82) is 0 Å². The number of carbonyl (C=O) groups excluding carboxylic acids is 2. The van der Waals surface area contributed by atoms with Gasteiger partial charge < -0.3 is 23.7 Å². The van der Waals surface area contributed by atoms with Crippen LogP contribution in [0.3, 0.4) is 0 Å². The molecular formula is C34H48O7. The summed E-state index contributed by atoms with van der Waals surface area (Å²) in [5.41, 5.74) is 1.56. The molecule has 0 spiro atoms. The quantitative estimate of drug-likeness (QED) is 0.155. The van der Waals surface area contributed by atoms with Crippen LogP contribution in [0.25, 0.3) is 0 Å². The molecule has 0 bridgehead atoms. The van der Waals surface area contributed by atoms with Gasteiger partial charge in [-0.2, -0.15) is 0 Å². The van der Waals surface area contributed by atoms with E-state index in [1.165, 1.54) is 12.2 Å². The van der Waals surface area contributed by atoms with Crippen molar-refractivity contribution < 1.29 is 33.3 Å². The Morgan fingerprint density at radius 2 is 1.22 bits per heavy atom. The molecule has 0 saturated heterocycles. The molecule has 0 N–H and O–H groups in total. The molecule has 0 fully saturated rings. The number of carbonyl (C=O) groups is 2. The Morgan fingerprint density at radius 3 is 1.68 bits per heavy atom. The third-order valence-corrected chi connectivity index (χ3v) is 7.38. The van der Waals surface area contributed by atoms with Gasteiger partial charge in [-0.3, -0.25) is 4.79 Å². The van der Waals surface area contributed by atoms with E-state index in [9.17, 15) is 9.59 Å². The van der Waals surface area contributed by atoms with Gasteiger partial charge in [0.1, 0.15) is 30.8 Å². The van der Waals surface area contributed by atoms with Crippen LogP contribution >= 0.6 is 0 Å². The number of hydrogen-bond donors (Lipinski definition) is 0. The molecule has 2 aromatic carbocycles. The van der Waals surface area contributed by atoms with E-state index in [4.69, 9.17) is 23.7 Å². The molecule has 41 heavy (non-hydrogen) atoms. The number of hydrogen-bond acceptors (Lipinski definition) is 7. The van der Waals surface area contributed by atoms with Crippen molar-refractivity contribution in [3.8, 4) is 11.5 Å². The predicted octanol–water partition coefficient (Wildman–Crippen LogP) is 6.70. The fourth-order valence-corrected chi connectivity index (χ4v) is 3.76. The zero-order valence-corrected chi connectivity index (χ0v) is 26.2. The van der Waals surface area contributed by atoms with Crippen molar-refractivity contribution in [3.05, 3.63) is 71.8 Å². The monoisotopic (exact) mass is 568 g/mol. The first-order valence-electron chi connectivity index (χ1n) is 14.3. The van der Waals surface area contributed by atoms with Crippen molar-refractivity contribution in [2.45, 2.75) is 85.5 Å². The molecule has 2 aromatic rings. The Hall–Kier alpha value is -3.16. The zero-order chi connectivity index (χ0) is 30.6. The molecule has 3 unspecified atom stereocenters. The van der Waals surface area contributed by atoms with Crippen molar-refractivity contribution in [2.24, 2.45) is 5.41 Å². The Balaban J connectivity index is 1.87. The third-order valence-electron chi connectivity index (χ3n) is 7.38. The summed E-state index contributed by atoms with van der Waals surface area (Å²) in [6, 6.07) is 16.1. The molecule has 0 aromatic heterocycles. The second-order valence-corrected chi connectivity index (χ2v) is 11.7.